The number of rotatable bonds is 2. The van der Waals surface area contributed by atoms with Crippen LogP contribution in [0.4, 0.5) is 6.01 Å². The normalized spacial score (nSPS) is 10.4. The average molecular weight is 209 g/mol. The second-order valence-electron chi connectivity index (χ2n) is 2.77. The number of aromatic nitrogens is 4. The fraction of sp³-hybridized carbons (Fsp3) is 0.143. The summed E-state index contributed by atoms with van der Waals surface area (Å²) in [7, 11) is 0. The van der Waals surface area contributed by atoms with Crippen molar-refractivity contribution in [2.75, 3.05) is 5.73 Å². The fourth-order valence-corrected chi connectivity index (χ4v) is 1.04. The Balaban J connectivity index is 2.32. The van der Waals surface area contributed by atoms with E-state index in [0.717, 1.165) is 0 Å². The Morgan fingerprint density at radius 3 is 2.87 bits per heavy atom. The maximum Gasteiger partial charge on any atom is 0.328 e. The summed E-state index contributed by atoms with van der Waals surface area (Å²) in [4.78, 5) is 24.1. The quantitative estimate of drug-likeness (QED) is 0.624. The van der Waals surface area contributed by atoms with Gasteiger partial charge in [-0.2, -0.15) is 0 Å². The zero-order valence-electron chi connectivity index (χ0n) is 7.51. The highest BCUT2D eigenvalue weighted by atomic mass is 16.4. The molecule has 0 atom stereocenters. The second-order valence-corrected chi connectivity index (χ2v) is 2.77. The molecule has 2 aromatic heterocycles. The number of nitrogens with two attached hydrogens (primary N) is 1. The summed E-state index contributed by atoms with van der Waals surface area (Å²) in [6.45, 7) is 0.0693. The van der Waals surface area contributed by atoms with Gasteiger partial charge in [-0.25, -0.2) is 4.79 Å². The van der Waals surface area contributed by atoms with E-state index in [9.17, 15) is 9.59 Å². The van der Waals surface area contributed by atoms with Crippen LogP contribution in [0, 0.1) is 0 Å². The van der Waals surface area contributed by atoms with Crippen molar-refractivity contribution in [2.24, 2.45) is 0 Å². The van der Waals surface area contributed by atoms with Crippen LogP contribution in [0.15, 0.2) is 26.3 Å². The molecule has 2 heterocycles. The Bertz CT molecular complexity index is 581. The van der Waals surface area contributed by atoms with Gasteiger partial charge in [-0.15, -0.1) is 5.10 Å². The lowest BCUT2D eigenvalue weighted by Gasteiger charge is -1.98. The van der Waals surface area contributed by atoms with Crippen molar-refractivity contribution in [2.45, 2.75) is 6.54 Å². The average Bonchev–Trinajstić information content (AvgIpc) is 2.56. The van der Waals surface area contributed by atoms with Crippen LogP contribution < -0.4 is 17.0 Å². The number of H-pyrrole nitrogens is 1. The highest BCUT2D eigenvalue weighted by molar-refractivity contribution is 5.05. The summed E-state index contributed by atoms with van der Waals surface area (Å²) < 4.78 is 6.09. The van der Waals surface area contributed by atoms with Crippen LogP contribution in [-0.2, 0) is 6.54 Å². The van der Waals surface area contributed by atoms with Crippen molar-refractivity contribution >= 4 is 6.01 Å². The van der Waals surface area contributed by atoms with Gasteiger partial charge in [0.2, 0.25) is 5.89 Å². The monoisotopic (exact) mass is 209 g/mol. The lowest BCUT2D eigenvalue weighted by atomic mass is 10.5. The van der Waals surface area contributed by atoms with Crippen molar-refractivity contribution in [1.29, 1.82) is 0 Å². The SMILES string of the molecule is Nc1nnc(Cn2ccc(=O)[nH]c2=O)o1. The first-order valence-electron chi connectivity index (χ1n) is 4.03. The molecule has 0 amide bonds. The molecule has 0 aromatic carbocycles. The van der Waals surface area contributed by atoms with Gasteiger partial charge >= 0.3 is 11.7 Å². The maximum absolute atomic E-state index is 11.2. The Hall–Kier alpha value is -2.38. The Kier molecular flexibility index (Phi) is 2.08. The standard InChI is InChI=1S/C7H7N5O3/c8-6-11-10-5(15-6)3-12-2-1-4(13)9-7(12)14/h1-2H,3H2,(H2,8,11)(H,9,13,14). The lowest BCUT2D eigenvalue weighted by Crippen LogP contribution is -2.28. The van der Waals surface area contributed by atoms with E-state index in [-0.39, 0.29) is 18.5 Å². The van der Waals surface area contributed by atoms with Crippen molar-refractivity contribution in [1.82, 2.24) is 19.7 Å². The molecule has 3 N–H and O–H groups in total. The molecule has 2 aromatic rings. The predicted molar refractivity (Wildman–Crippen MR) is 49.1 cm³/mol. The summed E-state index contributed by atoms with van der Waals surface area (Å²) in [6.07, 6.45) is 1.33. The number of aromatic amines is 1. The van der Waals surface area contributed by atoms with Gasteiger partial charge in [0.25, 0.3) is 5.56 Å². The van der Waals surface area contributed by atoms with Gasteiger partial charge in [0.15, 0.2) is 0 Å². The number of nitrogen functional groups attached to an aromatic ring is 1. The second kappa shape index (κ2) is 3.40. The zero-order valence-corrected chi connectivity index (χ0v) is 7.51. The van der Waals surface area contributed by atoms with E-state index in [1.54, 1.807) is 0 Å². The van der Waals surface area contributed by atoms with Gasteiger partial charge < -0.3 is 10.2 Å². The molecule has 8 nitrogen and oxygen atoms in total. The smallest absolute Gasteiger partial charge is 0.328 e. The molecule has 0 bridgehead atoms. The van der Waals surface area contributed by atoms with Crippen molar-refractivity contribution in [3.63, 3.8) is 0 Å². The summed E-state index contributed by atoms with van der Waals surface area (Å²) >= 11 is 0. The van der Waals surface area contributed by atoms with E-state index in [1.165, 1.54) is 16.8 Å². The van der Waals surface area contributed by atoms with Crippen molar-refractivity contribution in [3.05, 3.63) is 39.0 Å². The minimum atomic E-state index is -0.542. The molecule has 15 heavy (non-hydrogen) atoms. The number of hydrogen-bond donors (Lipinski definition) is 2. The minimum Gasteiger partial charge on any atom is -0.406 e. The van der Waals surface area contributed by atoms with Crippen LogP contribution in [0.5, 0.6) is 0 Å². The van der Waals surface area contributed by atoms with Crippen LogP contribution in [-0.4, -0.2) is 19.7 Å². The zero-order chi connectivity index (χ0) is 10.8. The van der Waals surface area contributed by atoms with Gasteiger partial charge in [-0.05, 0) is 0 Å². The molecule has 0 saturated heterocycles. The first kappa shape index (κ1) is 9.19. The van der Waals surface area contributed by atoms with Gasteiger partial charge in [0, 0.05) is 12.3 Å². The van der Waals surface area contributed by atoms with Crippen LogP contribution in [0.25, 0.3) is 0 Å². The molecule has 78 valence electrons. The third kappa shape index (κ3) is 1.93. The highest BCUT2D eigenvalue weighted by Gasteiger charge is 2.04. The van der Waals surface area contributed by atoms with Gasteiger partial charge in [-0.3, -0.25) is 14.3 Å². The molecule has 8 heteroatoms. The molecule has 0 saturated carbocycles. The van der Waals surface area contributed by atoms with Gasteiger partial charge in [0.1, 0.15) is 6.54 Å². The molecular weight excluding hydrogens is 202 g/mol. The third-order valence-electron chi connectivity index (χ3n) is 1.68. The van der Waals surface area contributed by atoms with E-state index in [2.05, 4.69) is 15.2 Å². The van der Waals surface area contributed by atoms with Crippen LogP contribution >= 0.6 is 0 Å². The summed E-state index contributed by atoms with van der Waals surface area (Å²) in [5, 5.41) is 7.02. The minimum absolute atomic E-state index is 0.0672. The van der Waals surface area contributed by atoms with Crippen LogP contribution in [0.3, 0.4) is 0 Å². The highest BCUT2D eigenvalue weighted by Crippen LogP contribution is 2.00. The maximum atomic E-state index is 11.2. The molecule has 0 spiro atoms. The van der Waals surface area contributed by atoms with Crippen molar-refractivity contribution in [3.8, 4) is 0 Å². The first-order chi connectivity index (χ1) is 7.15. The van der Waals surface area contributed by atoms with Crippen LogP contribution in [0.2, 0.25) is 0 Å². The topological polar surface area (TPSA) is 120 Å². The van der Waals surface area contributed by atoms with E-state index >= 15 is 0 Å². The van der Waals surface area contributed by atoms with Crippen LogP contribution in [0.1, 0.15) is 5.89 Å². The lowest BCUT2D eigenvalue weighted by molar-refractivity contribution is 0.485. The Labute approximate surface area is 82.4 Å². The fourth-order valence-electron chi connectivity index (χ4n) is 1.04. The predicted octanol–water partition coefficient (Wildman–Crippen LogP) is -1.45. The summed E-state index contributed by atoms with van der Waals surface area (Å²) in [6, 6.07) is 1.16. The van der Waals surface area contributed by atoms with Crippen molar-refractivity contribution < 1.29 is 4.42 Å². The molecule has 0 radical (unpaired) electrons. The van der Waals surface area contributed by atoms with E-state index < -0.39 is 11.2 Å². The summed E-state index contributed by atoms with van der Waals surface area (Å²) in [5.74, 6) is 0.196. The molecule has 0 fully saturated rings. The number of nitrogens with one attached hydrogen (secondary N) is 1. The summed E-state index contributed by atoms with van der Waals surface area (Å²) in [5.41, 5.74) is 4.21. The molecule has 0 aliphatic heterocycles. The number of nitrogens with zero attached hydrogens (tertiary/aromatic N) is 3. The Morgan fingerprint density at radius 2 is 2.27 bits per heavy atom. The van der Waals surface area contributed by atoms with Gasteiger partial charge in [-0.1, -0.05) is 5.10 Å². The molecule has 0 aliphatic carbocycles. The van der Waals surface area contributed by atoms with E-state index in [1.807, 2.05) is 0 Å². The van der Waals surface area contributed by atoms with E-state index in [4.69, 9.17) is 10.2 Å². The first-order valence-corrected chi connectivity index (χ1v) is 4.03. The number of hydrogen-bond acceptors (Lipinski definition) is 6. The largest absolute Gasteiger partial charge is 0.406 e. The molecule has 2 rings (SSSR count). The Morgan fingerprint density at radius 1 is 1.47 bits per heavy atom. The molecule has 0 aliphatic rings. The molecule has 0 unspecified atom stereocenters. The molecular formula is C7H7N5O3. The number of anilines is 1. The third-order valence-corrected chi connectivity index (χ3v) is 1.68. The van der Waals surface area contributed by atoms with Gasteiger partial charge in [0.05, 0.1) is 0 Å². The van der Waals surface area contributed by atoms with E-state index in [0.29, 0.717) is 0 Å².